The summed E-state index contributed by atoms with van der Waals surface area (Å²) in [6, 6.07) is 9.45. The second-order valence-corrected chi connectivity index (χ2v) is 3.32. The molecule has 1 N–H and O–H groups in total. The van der Waals surface area contributed by atoms with E-state index in [9.17, 15) is 4.79 Å². The number of hydrogen-bond donors (Lipinski definition) is 1. The van der Waals surface area contributed by atoms with Gasteiger partial charge in [-0.1, -0.05) is 18.2 Å². The Morgan fingerprint density at radius 1 is 1.60 bits per heavy atom. The zero-order valence-corrected chi connectivity index (χ0v) is 8.06. The molecule has 0 saturated heterocycles. The Morgan fingerprint density at radius 2 is 2.40 bits per heavy atom. The van der Waals surface area contributed by atoms with Gasteiger partial charge in [0.05, 0.1) is 6.07 Å². The van der Waals surface area contributed by atoms with Crippen LogP contribution in [0.15, 0.2) is 24.3 Å². The predicted molar refractivity (Wildman–Crippen MR) is 52.9 cm³/mol. The first kappa shape index (κ1) is 9.53. The highest BCUT2D eigenvalue weighted by Crippen LogP contribution is 2.26. The standard InChI is InChI=1S/C11H10N2O2/c12-6-5-10(14)13-11-7-8-3-1-2-4-9(8)15-11/h1-4,11H,5,7H2,(H,13,14). The molecule has 0 fully saturated rings. The molecule has 76 valence electrons. The molecular weight excluding hydrogens is 192 g/mol. The Labute approximate surface area is 87.5 Å². The first-order chi connectivity index (χ1) is 7.29. The van der Waals surface area contributed by atoms with Crippen molar-refractivity contribution in [3.63, 3.8) is 0 Å². The molecule has 1 aliphatic heterocycles. The molecule has 2 rings (SSSR count). The van der Waals surface area contributed by atoms with Crippen LogP contribution in [0.4, 0.5) is 0 Å². The molecule has 0 aliphatic carbocycles. The van der Waals surface area contributed by atoms with Crippen LogP contribution >= 0.6 is 0 Å². The van der Waals surface area contributed by atoms with E-state index >= 15 is 0 Å². The number of para-hydroxylation sites is 1. The fraction of sp³-hybridized carbons (Fsp3) is 0.273. The van der Waals surface area contributed by atoms with Gasteiger partial charge in [-0.15, -0.1) is 0 Å². The van der Waals surface area contributed by atoms with Crippen molar-refractivity contribution >= 4 is 5.91 Å². The van der Waals surface area contributed by atoms with Crippen molar-refractivity contribution in [3.8, 4) is 11.8 Å². The van der Waals surface area contributed by atoms with Crippen LogP contribution in [-0.2, 0) is 11.2 Å². The van der Waals surface area contributed by atoms with Gasteiger partial charge in [0, 0.05) is 6.42 Å². The predicted octanol–water partition coefficient (Wildman–Crippen LogP) is 0.977. The van der Waals surface area contributed by atoms with Gasteiger partial charge in [-0.3, -0.25) is 4.79 Å². The quantitative estimate of drug-likeness (QED) is 0.777. The number of hydrogen-bond acceptors (Lipinski definition) is 3. The summed E-state index contributed by atoms with van der Waals surface area (Å²) in [6.45, 7) is 0. The summed E-state index contributed by atoms with van der Waals surface area (Å²) in [7, 11) is 0. The van der Waals surface area contributed by atoms with Crippen molar-refractivity contribution in [2.45, 2.75) is 19.1 Å². The van der Waals surface area contributed by atoms with Crippen LogP contribution < -0.4 is 10.1 Å². The van der Waals surface area contributed by atoms with Gasteiger partial charge < -0.3 is 10.1 Å². The molecule has 1 heterocycles. The number of nitriles is 1. The summed E-state index contributed by atoms with van der Waals surface area (Å²) in [6.07, 6.45) is 0.201. The van der Waals surface area contributed by atoms with E-state index in [2.05, 4.69) is 5.32 Å². The molecule has 0 saturated carbocycles. The van der Waals surface area contributed by atoms with Crippen molar-refractivity contribution in [3.05, 3.63) is 29.8 Å². The molecular formula is C11H10N2O2. The van der Waals surface area contributed by atoms with Gasteiger partial charge in [-0.05, 0) is 11.6 Å². The number of carbonyl (C=O) groups is 1. The minimum atomic E-state index is -0.330. The van der Waals surface area contributed by atoms with Crippen LogP contribution in [-0.4, -0.2) is 12.1 Å². The Balaban J connectivity index is 1.96. The highest BCUT2D eigenvalue weighted by molar-refractivity contribution is 5.78. The normalized spacial score (nSPS) is 17.4. The molecule has 0 radical (unpaired) electrons. The molecule has 1 aromatic carbocycles. The van der Waals surface area contributed by atoms with Crippen LogP contribution in [0.3, 0.4) is 0 Å². The van der Waals surface area contributed by atoms with E-state index in [1.807, 2.05) is 24.3 Å². The topological polar surface area (TPSA) is 62.1 Å². The maximum atomic E-state index is 11.1. The van der Waals surface area contributed by atoms with E-state index in [1.165, 1.54) is 0 Å². The van der Waals surface area contributed by atoms with Gasteiger partial charge in [-0.25, -0.2) is 0 Å². The van der Waals surface area contributed by atoms with Crippen molar-refractivity contribution in [1.82, 2.24) is 5.32 Å². The maximum Gasteiger partial charge on any atom is 0.237 e. The number of amides is 1. The van der Waals surface area contributed by atoms with Crippen molar-refractivity contribution in [2.24, 2.45) is 0 Å². The Kier molecular flexibility index (Phi) is 2.55. The van der Waals surface area contributed by atoms with Gasteiger partial charge in [0.1, 0.15) is 12.2 Å². The van der Waals surface area contributed by atoms with E-state index in [0.717, 1.165) is 11.3 Å². The lowest BCUT2D eigenvalue weighted by Gasteiger charge is -2.11. The molecule has 4 heteroatoms. The van der Waals surface area contributed by atoms with Crippen LogP contribution in [0.5, 0.6) is 5.75 Å². The summed E-state index contributed by atoms with van der Waals surface area (Å²) in [5.74, 6) is 0.509. The molecule has 15 heavy (non-hydrogen) atoms. The summed E-state index contributed by atoms with van der Waals surface area (Å²) in [4.78, 5) is 11.1. The average molecular weight is 202 g/mol. The number of nitrogens with zero attached hydrogens (tertiary/aromatic N) is 1. The number of carbonyl (C=O) groups excluding carboxylic acids is 1. The maximum absolute atomic E-state index is 11.1. The van der Waals surface area contributed by atoms with Gasteiger partial charge in [-0.2, -0.15) is 5.26 Å². The lowest BCUT2D eigenvalue weighted by atomic mass is 10.1. The third-order valence-electron chi connectivity index (χ3n) is 2.21. The lowest BCUT2D eigenvalue weighted by Crippen LogP contribution is -2.37. The molecule has 1 amide bonds. The average Bonchev–Trinajstić information content (AvgIpc) is 2.59. The summed E-state index contributed by atoms with van der Waals surface area (Å²) >= 11 is 0. The summed E-state index contributed by atoms with van der Waals surface area (Å²) in [5, 5.41) is 11.0. The molecule has 0 bridgehead atoms. The smallest absolute Gasteiger partial charge is 0.237 e. The SMILES string of the molecule is N#CCC(=O)NC1Cc2ccccc2O1. The van der Waals surface area contributed by atoms with E-state index < -0.39 is 0 Å². The molecule has 1 aliphatic rings. The number of nitrogens with one attached hydrogen (secondary N) is 1. The van der Waals surface area contributed by atoms with Gasteiger partial charge in [0.15, 0.2) is 6.23 Å². The first-order valence-corrected chi connectivity index (χ1v) is 4.70. The van der Waals surface area contributed by atoms with E-state index in [4.69, 9.17) is 10.00 Å². The molecule has 1 unspecified atom stereocenters. The molecule has 0 spiro atoms. The highest BCUT2D eigenvalue weighted by Gasteiger charge is 2.23. The van der Waals surface area contributed by atoms with E-state index in [0.29, 0.717) is 6.42 Å². The van der Waals surface area contributed by atoms with Gasteiger partial charge >= 0.3 is 0 Å². The Hall–Kier alpha value is -2.02. The van der Waals surface area contributed by atoms with Crippen LogP contribution in [0.25, 0.3) is 0 Å². The minimum absolute atomic E-state index is 0.129. The molecule has 0 aromatic heterocycles. The fourth-order valence-corrected chi connectivity index (χ4v) is 1.56. The van der Waals surface area contributed by atoms with Crippen LogP contribution in [0.2, 0.25) is 0 Å². The highest BCUT2D eigenvalue weighted by atomic mass is 16.5. The van der Waals surface area contributed by atoms with Crippen LogP contribution in [0.1, 0.15) is 12.0 Å². The van der Waals surface area contributed by atoms with Gasteiger partial charge in [0.25, 0.3) is 0 Å². The fourth-order valence-electron chi connectivity index (χ4n) is 1.56. The summed E-state index contributed by atoms with van der Waals surface area (Å²) in [5.41, 5.74) is 1.08. The third-order valence-corrected chi connectivity index (χ3v) is 2.21. The molecule has 1 aromatic rings. The second-order valence-electron chi connectivity index (χ2n) is 3.32. The van der Waals surface area contributed by atoms with E-state index in [-0.39, 0.29) is 18.6 Å². The summed E-state index contributed by atoms with van der Waals surface area (Å²) < 4.78 is 5.48. The number of rotatable bonds is 2. The van der Waals surface area contributed by atoms with Crippen molar-refractivity contribution < 1.29 is 9.53 Å². The van der Waals surface area contributed by atoms with Gasteiger partial charge in [0.2, 0.25) is 5.91 Å². The minimum Gasteiger partial charge on any atom is -0.470 e. The molecule has 4 nitrogen and oxygen atoms in total. The lowest BCUT2D eigenvalue weighted by molar-refractivity contribution is -0.122. The zero-order chi connectivity index (χ0) is 10.7. The number of fused-ring (bicyclic) bond motifs is 1. The van der Waals surface area contributed by atoms with Crippen molar-refractivity contribution in [1.29, 1.82) is 5.26 Å². The number of ether oxygens (including phenoxy) is 1. The molecule has 1 atom stereocenters. The Morgan fingerprint density at radius 3 is 3.13 bits per heavy atom. The second kappa shape index (κ2) is 4.01. The number of benzene rings is 1. The third kappa shape index (κ3) is 2.08. The van der Waals surface area contributed by atoms with Crippen LogP contribution in [0, 0.1) is 11.3 Å². The monoisotopic (exact) mass is 202 g/mol. The zero-order valence-electron chi connectivity index (χ0n) is 8.06. The van der Waals surface area contributed by atoms with E-state index in [1.54, 1.807) is 6.07 Å². The Bertz CT molecular complexity index is 398. The largest absolute Gasteiger partial charge is 0.470 e. The van der Waals surface area contributed by atoms with Crippen molar-refractivity contribution in [2.75, 3.05) is 0 Å². The first-order valence-electron chi connectivity index (χ1n) is 4.70.